The fourth-order valence-corrected chi connectivity index (χ4v) is 3.64. The van der Waals surface area contributed by atoms with Crippen molar-refractivity contribution in [2.45, 2.75) is 18.9 Å². The van der Waals surface area contributed by atoms with E-state index in [1.165, 1.54) is 0 Å². The number of pyridine rings is 1. The van der Waals surface area contributed by atoms with Gasteiger partial charge in [-0.3, -0.25) is 9.78 Å². The molecule has 1 aromatic carbocycles. The number of carbonyl (C=O) groups is 1. The molecule has 0 radical (unpaired) electrons. The quantitative estimate of drug-likeness (QED) is 0.532. The first-order valence-corrected chi connectivity index (χ1v) is 9.58. The zero-order valence-electron chi connectivity index (χ0n) is 15.7. The van der Waals surface area contributed by atoms with Gasteiger partial charge in [-0.05, 0) is 30.2 Å². The molecule has 0 bridgehead atoms. The third-order valence-electron chi connectivity index (χ3n) is 5.26. The maximum absolute atomic E-state index is 11.5. The first kappa shape index (κ1) is 17.4. The highest BCUT2D eigenvalue weighted by Gasteiger charge is 2.45. The molecule has 0 spiro atoms. The van der Waals surface area contributed by atoms with Crippen LogP contribution < -0.4 is 11.1 Å². The number of aromatic nitrogens is 4. The van der Waals surface area contributed by atoms with Crippen molar-refractivity contribution in [2.24, 2.45) is 11.7 Å². The summed E-state index contributed by atoms with van der Waals surface area (Å²) in [6.45, 7) is 0.538. The maximum Gasteiger partial charge on any atom is 0.221 e. The number of nitrogens with two attached hydrogens (primary N) is 1. The average molecular weight is 384 g/mol. The monoisotopic (exact) mass is 384 g/mol. The Bertz CT molecular complexity index is 1170. The molecule has 3 heterocycles. The van der Waals surface area contributed by atoms with Crippen LogP contribution in [0, 0.1) is 5.92 Å². The van der Waals surface area contributed by atoms with Crippen molar-refractivity contribution >= 4 is 17.2 Å². The van der Waals surface area contributed by atoms with Crippen molar-refractivity contribution in [3.63, 3.8) is 0 Å². The standard InChI is InChI=1S/C22H20N6O/c23-20(29)17-12-18(17)21-26-22(25-13-15-8-4-5-10-24-15)19-16(9-11-28(19)27-21)14-6-2-1-3-7-14/h1-11,17-18H,12-13H2,(H2,23,29)(H,25,26,27). The summed E-state index contributed by atoms with van der Waals surface area (Å²) in [5, 5.41) is 8.09. The molecule has 4 aromatic rings. The molecule has 144 valence electrons. The zero-order valence-corrected chi connectivity index (χ0v) is 15.7. The minimum atomic E-state index is -0.292. The lowest BCUT2D eigenvalue weighted by Crippen LogP contribution is -2.15. The molecular weight excluding hydrogens is 364 g/mol. The summed E-state index contributed by atoms with van der Waals surface area (Å²) >= 11 is 0. The van der Waals surface area contributed by atoms with E-state index in [1.54, 1.807) is 6.20 Å². The predicted octanol–water partition coefficient (Wildman–Crippen LogP) is 2.99. The molecule has 1 fully saturated rings. The number of primary amides is 1. The highest BCUT2D eigenvalue weighted by atomic mass is 16.1. The Morgan fingerprint density at radius 1 is 1.14 bits per heavy atom. The summed E-state index contributed by atoms with van der Waals surface area (Å²) in [4.78, 5) is 20.7. The van der Waals surface area contributed by atoms with Crippen molar-refractivity contribution < 1.29 is 4.79 Å². The molecule has 5 rings (SSSR count). The number of rotatable bonds is 6. The van der Waals surface area contributed by atoms with Crippen LogP contribution in [0.4, 0.5) is 5.82 Å². The van der Waals surface area contributed by atoms with Crippen LogP contribution in [0.15, 0.2) is 67.0 Å². The van der Waals surface area contributed by atoms with Gasteiger partial charge < -0.3 is 11.1 Å². The Kier molecular flexibility index (Phi) is 4.20. The minimum Gasteiger partial charge on any atom is -0.369 e. The summed E-state index contributed by atoms with van der Waals surface area (Å²) in [5.74, 6) is 0.869. The molecule has 29 heavy (non-hydrogen) atoms. The van der Waals surface area contributed by atoms with Gasteiger partial charge in [0.1, 0.15) is 5.52 Å². The van der Waals surface area contributed by atoms with Gasteiger partial charge in [-0.25, -0.2) is 9.50 Å². The highest BCUT2D eigenvalue weighted by molar-refractivity contribution is 5.88. The molecule has 1 amide bonds. The molecule has 7 heteroatoms. The van der Waals surface area contributed by atoms with E-state index in [4.69, 9.17) is 10.7 Å². The number of benzene rings is 1. The van der Waals surface area contributed by atoms with Crippen LogP contribution in [0.5, 0.6) is 0 Å². The number of anilines is 1. The van der Waals surface area contributed by atoms with Crippen LogP contribution in [-0.2, 0) is 11.3 Å². The Morgan fingerprint density at radius 3 is 2.69 bits per heavy atom. The summed E-state index contributed by atoms with van der Waals surface area (Å²) in [6, 6.07) is 18.0. The predicted molar refractivity (Wildman–Crippen MR) is 110 cm³/mol. The summed E-state index contributed by atoms with van der Waals surface area (Å²) in [5.41, 5.74) is 9.41. The number of amides is 1. The topological polar surface area (TPSA) is 98.2 Å². The second-order valence-electron chi connectivity index (χ2n) is 7.23. The van der Waals surface area contributed by atoms with Gasteiger partial charge in [0, 0.05) is 29.8 Å². The van der Waals surface area contributed by atoms with Gasteiger partial charge >= 0.3 is 0 Å². The maximum atomic E-state index is 11.5. The minimum absolute atomic E-state index is 0.0186. The summed E-state index contributed by atoms with van der Waals surface area (Å²) in [6.07, 6.45) is 4.40. The normalized spacial score (nSPS) is 17.9. The molecule has 3 aromatic heterocycles. The molecule has 0 aliphatic heterocycles. The lowest BCUT2D eigenvalue weighted by Gasteiger charge is -2.11. The Labute approximate surface area is 167 Å². The van der Waals surface area contributed by atoms with Gasteiger partial charge in [-0.2, -0.15) is 5.10 Å². The first-order valence-electron chi connectivity index (χ1n) is 9.58. The van der Waals surface area contributed by atoms with Gasteiger partial charge in [-0.15, -0.1) is 0 Å². The van der Waals surface area contributed by atoms with Crippen LogP contribution in [0.3, 0.4) is 0 Å². The molecule has 3 N–H and O–H groups in total. The second kappa shape index (κ2) is 7.01. The van der Waals surface area contributed by atoms with E-state index in [-0.39, 0.29) is 17.7 Å². The molecule has 1 saturated carbocycles. The molecule has 2 atom stereocenters. The van der Waals surface area contributed by atoms with Crippen LogP contribution in [0.2, 0.25) is 0 Å². The van der Waals surface area contributed by atoms with Crippen LogP contribution in [-0.4, -0.2) is 25.5 Å². The number of hydrogen-bond acceptors (Lipinski definition) is 5. The smallest absolute Gasteiger partial charge is 0.221 e. The van der Waals surface area contributed by atoms with Crippen molar-refractivity contribution in [1.82, 2.24) is 19.6 Å². The van der Waals surface area contributed by atoms with Gasteiger partial charge in [-0.1, -0.05) is 36.4 Å². The van der Waals surface area contributed by atoms with E-state index in [1.807, 2.05) is 53.2 Å². The van der Waals surface area contributed by atoms with Gasteiger partial charge in [0.05, 0.1) is 12.2 Å². The Hall–Kier alpha value is -3.74. The van der Waals surface area contributed by atoms with E-state index in [0.717, 1.165) is 28.2 Å². The van der Waals surface area contributed by atoms with E-state index in [2.05, 4.69) is 27.5 Å². The molecule has 2 unspecified atom stereocenters. The van der Waals surface area contributed by atoms with Gasteiger partial charge in [0.15, 0.2) is 11.6 Å². The van der Waals surface area contributed by atoms with E-state index in [9.17, 15) is 4.79 Å². The first-order chi connectivity index (χ1) is 14.2. The van der Waals surface area contributed by atoms with Gasteiger partial charge in [0.2, 0.25) is 5.91 Å². The van der Waals surface area contributed by atoms with E-state index < -0.39 is 0 Å². The summed E-state index contributed by atoms with van der Waals surface area (Å²) < 4.78 is 1.84. The lowest BCUT2D eigenvalue weighted by molar-refractivity contribution is -0.119. The van der Waals surface area contributed by atoms with Crippen molar-refractivity contribution in [2.75, 3.05) is 5.32 Å². The molecule has 7 nitrogen and oxygen atoms in total. The Morgan fingerprint density at radius 2 is 1.97 bits per heavy atom. The average Bonchev–Trinajstić information content (AvgIpc) is 3.46. The van der Waals surface area contributed by atoms with E-state index >= 15 is 0 Å². The molecule has 1 aliphatic rings. The lowest BCUT2D eigenvalue weighted by atomic mass is 10.1. The van der Waals surface area contributed by atoms with Gasteiger partial charge in [0.25, 0.3) is 0 Å². The number of fused-ring (bicyclic) bond motifs is 1. The van der Waals surface area contributed by atoms with Crippen LogP contribution in [0.1, 0.15) is 23.9 Å². The fourth-order valence-electron chi connectivity index (χ4n) is 3.64. The summed E-state index contributed by atoms with van der Waals surface area (Å²) in [7, 11) is 0. The number of hydrogen-bond donors (Lipinski definition) is 2. The fraction of sp³-hybridized carbons (Fsp3) is 0.182. The third kappa shape index (κ3) is 3.31. The number of carbonyl (C=O) groups excluding carboxylic acids is 1. The third-order valence-corrected chi connectivity index (χ3v) is 5.26. The van der Waals surface area contributed by atoms with Crippen LogP contribution >= 0.6 is 0 Å². The Balaban J connectivity index is 1.58. The largest absolute Gasteiger partial charge is 0.369 e. The number of nitrogens with zero attached hydrogens (tertiary/aromatic N) is 4. The number of nitrogens with one attached hydrogen (secondary N) is 1. The SMILES string of the molecule is NC(=O)C1CC1c1nc(NCc2ccccn2)c2c(-c3ccccc3)ccn2n1. The van der Waals surface area contributed by atoms with Crippen molar-refractivity contribution in [1.29, 1.82) is 0 Å². The molecular formula is C22H20N6O. The highest BCUT2D eigenvalue weighted by Crippen LogP contribution is 2.46. The van der Waals surface area contributed by atoms with Crippen molar-refractivity contribution in [3.8, 4) is 11.1 Å². The zero-order chi connectivity index (χ0) is 19.8. The molecule has 1 aliphatic carbocycles. The van der Waals surface area contributed by atoms with Crippen molar-refractivity contribution in [3.05, 3.63) is 78.5 Å². The van der Waals surface area contributed by atoms with Crippen LogP contribution in [0.25, 0.3) is 16.6 Å². The second-order valence-corrected chi connectivity index (χ2v) is 7.23. The molecule has 0 saturated heterocycles. The van der Waals surface area contributed by atoms with E-state index in [0.29, 0.717) is 18.8 Å².